The molecule has 1 N–H and O–H groups in total. The first-order chi connectivity index (χ1) is 20.9. The summed E-state index contributed by atoms with van der Waals surface area (Å²) in [6, 6.07) is 17.0. The number of nitriles is 1. The van der Waals surface area contributed by atoms with Crippen molar-refractivity contribution in [1.29, 1.82) is 5.26 Å². The lowest BCUT2D eigenvalue weighted by molar-refractivity contribution is -0.102. The quantitative estimate of drug-likeness (QED) is 0.364. The SMILES string of the molecule is Cc1cc(C2CC2)c(CN2CCC3(CC(C#N)C3)CC2c2ccc(C(=O)N3CC4(C3)CN(C3CC3)C4)cc2)c2cc[nH]c12. The number of nitrogens with one attached hydrogen (secondary N) is 1. The molecule has 1 unspecified atom stereocenters. The van der Waals surface area contributed by atoms with Crippen molar-refractivity contribution in [2.24, 2.45) is 16.7 Å². The zero-order chi connectivity index (χ0) is 28.9. The molecule has 0 radical (unpaired) electrons. The zero-order valence-corrected chi connectivity index (χ0v) is 25.4. The molecule has 3 saturated carbocycles. The summed E-state index contributed by atoms with van der Waals surface area (Å²) in [5, 5.41) is 10.9. The van der Waals surface area contributed by atoms with E-state index >= 15 is 0 Å². The number of H-pyrrole nitrogens is 1. The Labute approximate surface area is 255 Å². The number of amides is 1. The van der Waals surface area contributed by atoms with E-state index in [0.29, 0.717) is 17.4 Å². The second-order valence-electron chi connectivity index (χ2n) is 15.4. The smallest absolute Gasteiger partial charge is 0.253 e. The second-order valence-corrected chi connectivity index (χ2v) is 15.4. The summed E-state index contributed by atoms with van der Waals surface area (Å²) in [5.74, 6) is 1.11. The molecule has 2 aromatic carbocycles. The van der Waals surface area contributed by atoms with E-state index in [0.717, 1.165) is 57.0 Å². The van der Waals surface area contributed by atoms with Crippen LogP contribution in [-0.4, -0.2) is 64.4 Å². The lowest BCUT2D eigenvalue weighted by Crippen LogP contribution is -2.73. The van der Waals surface area contributed by atoms with Crippen LogP contribution in [0.15, 0.2) is 42.6 Å². The number of aryl methyl sites for hydroxylation is 1. The van der Waals surface area contributed by atoms with Crippen molar-refractivity contribution < 1.29 is 4.79 Å². The van der Waals surface area contributed by atoms with Gasteiger partial charge in [0.25, 0.3) is 5.91 Å². The number of hydrogen-bond acceptors (Lipinski definition) is 4. The van der Waals surface area contributed by atoms with Gasteiger partial charge in [-0.1, -0.05) is 18.2 Å². The highest BCUT2D eigenvalue weighted by Crippen LogP contribution is 2.57. The summed E-state index contributed by atoms with van der Waals surface area (Å²) in [6.07, 6.45) is 11.8. The van der Waals surface area contributed by atoms with Gasteiger partial charge in [0.2, 0.25) is 0 Å². The Morgan fingerprint density at radius 1 is 1.00 bits per heavy atom. The fraction of sp³-hybridized carbons (Fsp3) is 0.568. The Hall–Kier alpha value is -3.14. The maximum Gasteiger partial charge on any atom is 0.253 e. The topological polar surface area (TPSA) is 66.4 Å². The molecule has 2 spiro atoms. The Morgan fingerprint density at radius 3 is 2.47 bits per heavy atom. The van der Waals surface area contributed by atoms with Gasteiger partial charge in [0.1, 0.15) is 0 Å². The summed E-state index contributed by atoms with van der Waals surface area (Å²) in [5.41, 5.74) is 8.49. The Kier molecular flexibility index (Phi) is 5.76. The Balaban J connectivity index is 0.962. The molecule has 4 heterocycles. The lowest BCUT2D eigenvalue weighted by Gasteiger charge is -2.60. The molecule has 6 heteroatoms. The highest BCUT2D eigenvalue weighted by molar-refractivity contribution is 5.95. The summed E-state index contributed by atoms with van der Waals surface area (Å²) in [7, 11) is 0. The van der Waals surface area contributed by atoms with Crippen LogP contribution in [0, 0.1) is 35.0 Å². The monoisotopic (exact) mass is 573 g/mol. The number of likely N-dealkylation sites (tertiary alicyclic amines) is 3. The minimum Gasteiger partial charge on any atom is -0.361 e. The van der Waals surface area contributed by atoms with Crippen molar-refractivity contribution in [1.82, 2.24) is 19.7 Å². The van der Waals surface area contributed by atoms with Crippen LogP contribution in [-0.2, 0) is 6.54 Å². The first-order valence-corrected chi connectivity index (χ1v) is 16.8. The predicted molar refractivity (Wildman–Crippen MR) is 168 cm³/mol. The number of rotatable bonds is 6. The van der Waals surface area contributed by atoms with E-state index in [-0.39, 0.29) is 17.2 Å². The van der Waals surface area contributed by atoms with Gasteiger partial charge >= 0.3 is 0 Å². The first-order valence-electron chi connectivity index (χ1n) is 16.8. The van der Waals surface area contributed by atoms with Crippen LogP contribution in [0.2, 0.25) is 0 Å². The average Bonchev–Trinajstić information content (AvgIpc) is 3.90. The molecule has 9 rings (SSSR count). The molecule has 3 aliphatic heterocycles. The van der Waals surface area contributed by atoms with Crippen LogP contribution in [0.5, 0.6) is 0 Å². The van der Waals surface area contributed by atoms with E-state index in [1.807, 2.05) is 0 Å². The van der Waals surface area contributed by atoms with E-state index in [1.54, 1.807) is 5.56 Å². The Morgan fingerprint density at radius 2 is 1.77 bits per heavy atom. The number of carbonyl (C=O) groups excluding carboxylic acids is 1. The van der Waals surface area contributed by atoms with Crippen molar-refractivity contribution in [3.8, 4) is 6.07 Å². The molecule has 3 aliphatic carbocycles. The standard InChI is InChI=1S/C37H43N5O/c1-24-14-31(26-2-3-26)32(30-10-12-39-34(24)30)19-40-13-11-36(15-25(16-36)18-38)17-33(40)27-4-6-28(7-5-27)35(43)42-22-37(23-42)20-41(21-37)29-8-9-29/h4-7,10,12,14,25-26,29,33,39H,2-3,8-9,11,13,15-17,19-23H2,1H3. The van der Waals surface area contributed by atoms with Gasteiger partial charge in [-0.05, 0) is 117 Å². The van der Waals surface area contributed by atoms with Gasteiger partial charge in [-0.2, -0.15) is 5.26 Å². The molecule has 0 bridgehead atoms. The lowest BCUT2D eigenvalue weighted by atomic mass is 9.56. The van der Waals surface area contributed by atoms with Gasteiger partial charge in [-0.15, -0.1) is 0 Å². The normalized spacial score (nSPS) is 30.2. The highest BCUT2D eigenvalue weighted by atomic mass is 16.2. The Bertz CT molecular complexity index is 1620. The van der Waals surface area contributed by atoms with Gasteiger partial charge in [0.15, 0.2) is 0 Å². The largest absolute Gasteiger partial charge is 0.361 e. The number of hydrogen-bond donors (Lipinski definition) is 1. The van der Waals surface area contributed by atoms with Crippen molar-refractivity contribution in [3.05, 3.63) is 70.4 Å². The molecule has 3 aromatic rings. The van der Waals surface area contributed by atoms with Crippen LogP contribution >= 0.6 is 0 Å². The van der Waals surface area contributed by atoms with Crippen molar-refractivity contribution in [3.63, 3.8) is 0 Å². The molecule has 1 amide bonds. The molecular weight excluding hydrogens is 530 g/mol. The first kappa shape index (κ1) is 26.3. The van der Waals surface area contributed by atoms with E-state index in [9.17, 15) is 10.1 Å². The molecule has 6 fully saturated rings. The van der Waals surface area contributed by atoms with Gasteiger partial charge in [-0.3, -0.25) is 14.6 Å². The maximum absolute atomic E-state index is 13.4. The molecule has 1 atom stereocenters. The van der Waals surface area contributed by atoms with Crippen molar-refractivity contribution in [2.45, 2.75) is 82.8 Å². The minimum absolute atomic E-state index is 0.193. The second kappa shape index (κ2) is 9.43. The molecule has 43 heavy (non-hydrogen) atoms. The van der Waals surface area contributed by atoms with Crippen LogP contribution in [0.1, 0.15) is 95.9 Å². The van der Waals surface area contributed by atoms with Crippen molar-refractivity contribution in [2.75, 3.05) is 32.7 Å². The van der Waals surface area contributed by atoms with E-state index in [2.05, 4.69) is 75.3 Å². The number of benzene rings is 2. The maximum atomic E-state index is 13.4. The highest BCUT2D eigenvalue weighted by Gasteiger charge is 2.56. The number of carbonyl (C=O) groups is 1. The van der Waals surface area contributed by atoms with Crippen LogP contribution in [0.25, 0.3) is 10.9 Å². The van der Waals surface area contributed by atoms with Crippen LogP contribution < -0.4 is 0 Å². The van der Waals surface area contributed by atoms with E-state index in [1.165, 1.54) is 72.8 Å². The molecule has 3 saturated heterocycles. The third-order valence-electron chi connectivity index (χ3n) is 12.1. The fourth-order valence-corrected chi connectivity index (χ4v) is 9.43. The third-order valence-corrected chi connectivity index (χ3v) is 12.1. The van der Waals surface area contributed by atoms with E-state index < -0.39 is 0 Å². The van der Waals surface area contributed by atoms with Gasteiger partial charge in [0.05, 0.1) is 6.07 Å². The molecule has 222 valence electrons. The number of fused-ring (bicyclic) bond motifs is 1. The minimum atomic E-state index is 0.193. The summed E-state index contributed by atoms with van der Waals surface area (Å²) in [4.78, 5) is 24.3. The summed E-state index contributed by atoms with van der Waals surface area (Å²) >= 11 is 0. The fourth-order valence-electron chi connectivity index (χ4n) is 9.43. The predicted octanol–water partition coefficient (Wildman–Crippen LogP) is 6.53. The zero-order valence-electron chi connectivity index (χ0n) is 25.4. The average molecular weight is 574 g/mol. The number of aromatic amines is 1. The van der Waals surface area contributed by atoms with Gasteiger partial charge in [-0.25, -0.2) is 0 Å². The number of piperidine rings is 1. The molecule has 6 aliphatic rings. The van der Waals surface area contributed by atoms with Crippen LogP contribution in [0.4, 0.5) is 0 Å². The summed E-state index contributed by atoms with van der Waals surface area (Å²) < 4.78 is 0. The number of nitrogens with zero attached hydrogens (tertiary/aromatic N) is 4. The molecule has 6 nitrogen and oxygen atoms in total. The van der Waals surface area contributed by atoms with Gasteiger partial charge < -0.3 is 9.88 Å². The van der Waals surface area contributed by atoms with E-state index in [4.69, 9.17) is 0 Å². The van der Waals surface area contributed by atoms with Crippen LogP contribution in [0.3, 0.4) is 0 Å². The number of aromatic nitrogens is 1. The molecule has 1 aromatic heterocycles. The third kappa shape index (κ3) is 4.37. The summed E-state index contributed by atoms with van der Waals surface area (Å²) in [6.45, 7) is 8.46. The van der Waals surface area contributed by atoms with Gasteiger partial charge in [0, 0.05) is 78.8 Å². The molecular formula is C37H43N5O. The van der Waals surface area contributed by atoms with Crippen molar-refractivity contribution >= 4 is 16.8 Å².